The fourth-order valence-corrected chi connectivity index (χ4v) is 5.33. The van der Waals surface area contributed by atoms with E-state index in [9.17, 15) is 9.59 Å². The first kappa shape index (κ1) is 28.4. The number of rotatable bonds is 12. The van der Waals surface area contributed by atoms with Crippen molar-refractivity contribution in [2.45, 2.75) is 32.6 Å². The SMILES string of the molecule is CCCCCN(CCCNc1ccc(C(=O)Nc2cc(-c3cccs3)ccc2N)cc1)C(=O)N1CCNCC1. The van der Waals surface area contributed by atoms with Gasteiger partial charge in [0.15, 0.2) is 0 Å². The number of unbranched alkanes of at least 4 members (excludes halogenated alkanes) is 2. The first-order chi connectivity index (χ1) is 19.0. The van der Waals surface area contributed by atoms with Crippen LogP contribution in [0.3, 0.4) is 0 Å². The van der Waals surface area contributed by atoms with Gasteiger partial charge in [0.05, 0.1) is 11.4 Å². The summed E-state index contributed by atoms with van der Waals surface area (Å²) < 4.78 is 0. The lowest BCUT2D eigenvalue weighted by atomic mass is 10.1. The molecule has 3 aromatic rings. The van der Waals surface area contributed by atoms with E-state index in [1.54, 1.807) is 11.3 Å². The van der Waals surface area contributed by atoms with E-state index in [1.807, 2.05) is 69.8 Å². The molecule has 8 nitrogen and oxygen atoms in total. The number of carbonyl (C=O) groups excluding carboxylic acids is 2. The van der Waals surface area contributed by atoms with E-state index in [0.717, 1.165) is 87.6 Å². The van der Waals surface area contributed by atoms with Crippen molar-refractivity contribution < 1.29 is 9.59 Å². The average Bonchev–Trinajstić information content (AvgIpc) is 3.51. The Balaban J connectivity index is 1.26. The topological polar surface area (TPSA) is 103 Å². The Kier molecular flexibility index (Phi) is 10.6. The highest BCUT2D eigenvalue weighted by molar-refractivity contribution is 7.13. The number of nitrogens with two attached hydrogens (primary N) is 1. The molecule has 0 radical (unpaired) electrons. The van der Waals surface area contributed by atoms with Gasteiger partial charge in [0.25, 0.3) is 5.91 Å². The highest BCUT2D eigenvalue weighted by atomic mass is 32.1. The van der Waals surface area contributed by atoms with Crippen LogP contribution in [0.25, 0.3) is 10.4 Å². The highest BCUT2D eigenvalue weighted by Gasteiger charge is 2.21. The molecule has 0 spiro atoms. The molecule has 1 aromatic heterocycles. The maximum Gasteiger partial charge on any atom is 0.320 e. The van der Waals surface area contributed by atoms with Gasteiger partial charge in [-0.25, -0.2) is 4.79 Å². The summed E-state index contributed by atoms with van der Waals surface area (Å²) in [6, 6.07) is 17.3. The molecule has 208 valence electrons. The summed E-state index contributed by atoms with van der Waals surface area (Å²) in [6.07, 6.45) is 4.16. The Morgan fingerprint density at radius 1 is 1.03 bits per heavy atom. The summed E-state index contributed by atoms with van der Waals surface area (Å²) >= 11 is 1.64. The molecule has 9 heteroatoms. The summed E-state index contributed by atoms with van der Waals surface area (Å²) in [7, 11) is 0. The Bertz CT molecular complexity index is 1190. The van der Waals surface area contributed by atoms with Gasteiger partial charge in [0.2, 0.25) is 0 Å². The molecule has 5 N–H and O–H groups in total. The van der Waals surface area contributed by atoms with Crippen LogP contribution in [0.4, 0.5) is 21.9 Å². The van der Waals surface area contributed by atoms with Gasteiger partial charge in [-0.1, -0.05) is 31.9 Å². The van der Waals surface area contributed by atoms with Crippen LogP contribution in [0.5, 0.6) is 0 Å². The molecule has 0 bridgehead atoms. The number of thiophene rings is 1. The summed E-state index contributed by atoms with van der Waals surface area (Å²) in [4.78, 5) is 31.0. The number of hydrogen-bond acceptors (Lipinski definition) is 6. The molecule has 2 heterocycles. The molecular formula is C30H40N6O2S. The first-order valence-corrected chi connectivity index (χ1v) is 14.8. The zero-order valence-corrected chi connectivity index (χ0v) is 23.6. The van der Waals surface area contributed by atoms with Gasteiger partial charge in [0, 0.05) is 61.9 Å². The fourth-order valence-electron chi connectivity index (χ4n) is 4.61. The summed E-state index contributed by atoms with van der Waals surface area (Å²) in [5.74, 6) is -0.203. The molecular weight excluding hydrogens is 508 g/mol. The Hall–Kier alpha value is -3.56. The Morgan fingerprint density at radius 3 is 2.51 bits per heavy atom. The smallest absolute Gasteiger partial charge is 0.320 e. The van der Waals surface area contributed by atoms with Crippen molar-refractivity contribution in [1.29, 1.82) is 0 Å². The van der Waals surface area contributed by atoms with Gasteiger partial charge in [-0.2, -0.15) is 0 Å². The van der Waals surface area contributed by atoms with Gasteiger partial charge in [-0.05, 0) is 66.2 Å². The molecule has 3 amide bonds. The van der Waals surface area contributed by atoms with Crippen LogP contribution in [0.15, 0.2) is 60.0 Å². The van der Waals surface area contributed by atoms with Crippen LogP contribution in [0, 0.1) is 0 Å². The number of carbonyl (C=O) groups is 2. The zero-order valence-electron chi connectivity index (χ0n) is 22.7. The van der Waals surface area contributed by atoms with Gasteiger partial charge in [-0.3, -0.25) is 4.79 Å². The maximum absolute atomic E-state index is 13.0. The van der Waals surface area contributed by atoms with E-state index < -0.39 is 0 Å². The minimum absolute atomic E-state index is 0.157. The third kappa shape index (κ3) is 8.21. The van der Waals surface area contributed by atoms with E-state index >= 15 is 0 Å². The predicted molar refractivity (Wildman–Crippen MR) is 163 cm³/mol. The summed E-state index contributed by atoms with van der Waals surface area (Å²) in [5, 5.41) is 11.7. The molecule has 0 saturated carbocycles. The lowest BCUT2D eigenvalue weighted by Gasteiger charge is -2.33. The number of nitrogens with one attached hydrogen (secondary N) is 3. The predicted octanol–water partition coefficient (Wildman–Crippen LogP) is 5.57. The second-order valence-electron chi connectivity index (χ2n) is 9.80. The molecule has 1 aliphatic rings. The van der Waals surface area contributed by atoms with Crippen LogP contribution >= 0.6 is 11.3 Å². The lowest BCUT2D eigenvalue weighted by Crippen LogP contribution is -2.52. The third-order valence-electron chi connectivity index (χ3n) is 6.88. The number of piperazine rings is 1. The lowest BCUT2D eigenvalue weighted by molar-refractivity contribution is 0.102. The number of hydrogen-bond donors (Lipinski definition) is 4. The Morgan fingerprint density at radius 2 is 1.79 bits per heavy atom. The first-order valence-electron chi connectivity index (χ1n) is 13.9. The van der Waals surface area contributed by atoms with Crippen molar-refractivity contribution in [2.24, 2.45) is 0 Å². The average molecular weight is 549 g/mol. The number of anilines is 3. The van der Waals surface area contributed by atoms with Crippen molar-refractivity contribution in [1.82, 2.24) is 15.1 Å². The van der Waals surface area contributed by atoms with E-state index in [4.69, 9.17) is 5.73 Å². The van der Waals surface area contributed by atoms with Gasteiger partial charge >= 0.3 is 6.03 Å². The maximum atomic E-state index is 13.0. The van der Waals surface area contributed by atoms with Gasteiger partial charge < -0.3 is 31.5 Å². The quantitative estimate of drug-likeness (QED) is 0.175. The van der Waals surface area contributed by atoms with E-state index in [1.165, 1.54) is 0 Å². The monoisotopic (exact) mass is 548 g/mol. The fraction of sp³-hybridized carbons (Fsp3) is 0.400. The van der Waals surface area contributed by atoms with Crippen molar-refractivity contribution in [3.05, 3.63) is 65.5 Å². The van der Waals surface area contributed by atoms with E-state index in [-0.39, 0.29) is 11.9 Å². The second-order valence-corrected chi connectivity index (χ2v) is 10.8. The van der Waals surface area contributed by atoms with Crippen LogP contribution in [0.2, 0.25) is 0 Å². The molecule has 0 atom stereocenters. The molecule has 0 unspecified atom stereocenters. The molecule has 1 aliphatic heterocycles. The highest BCUT2D eigenvalue weighted by Crippen LogP contribution is 2.30. The molecule has 1 saturated heterocycles. The minimum atomic E-state index is -0.203. The van der Waals surface area contributed by atoms with E-state index in [0.29, 0.717) is 16.9 Å². The normalized spacial score (nSPS) is 13.2. The van der Waals surface area contributed by atoms with Crippen LogP contribution in [-0.2, 0) is 0 Å². The summed E-state index contributed by atoms with van der Waals surface area (Å²) in [6.45, 7) is 7.73. The largest absolute Gasteiger partial charge is 0.397 e. The minimum Gasteiger partial charge on any atom is -0.397 e. The zero-order chi connectivity index (χ0) is 27.5. The third-order valence-corrected chi connectivity index (χ3v) is 7.80. The van der Waals surface area contributed by atoms with Crippen molar-refractivity contribution in [3.63, 3.8) is 0 Å². The molecule has 39 heavy (non-hydrogen) atoms. The number of urea groups is 1. The van der Waals surface area contributed by atoms with Gasteiger partial charge in [0.1, 0.15) is 0 Å². The molecule has 0 aliphatic carbocycles. The number of benzene rings is 2. The molecule has 4 rings (SSSR count). The second kappa shape index (κ2) is 14.6. The number of nitrogens with zero attached hydrogens (tertiary/aromatic N) is 2. The van der Waals surface area contributed by atoms with Crippen LogP contribution < -0.4 is 21.7 Å². The Labute approximate surface area is 235 Å². The van der Waals surface area contributed by atoms with E-state index in [2.05, 4.69) is 22.9 Å². The number of amides is 3. The van der Waals surface area contributed by atoms with Crippen LogP contribution in [0.1, 0.15) is 43.0 Å². The molecule has 1 fully saturated rings. The summed E-state index contributed by atoms with van der Waals surface area (Å²) in [5.41, 5.74) is 9.78. The van der Waals surface area contributed by atoms with Gasteiger partial charge in [-0.15, -0.1) is 11.3 Å². The van der Waals surface area contributed by atoms with Crippen molar-refractivity contribution in [3.8, 4) is 10.4 Å². The van der Waals surface area contributed by atoms with Crippen molar-refractivity contribution >= 4 is 40.3 Å². The number of nitrogen functional groups attached to an aromatic ring is 1. The molecule has 2 aromatic carbocycles. The van der Waals surface area contributed by atoms with Crippen molar-refractivity contribution in [2.75, 3.05) is 62.2 Å². The van der Waals surface area contributed by atoms with Crippen LogP contribution in [-0.4, -0.2) is 67.6 Å². The standard InChI is InChI=1S/C30H40N6O2S/c1-2-3-4-17-35(30(38)36-19-15-32-16-20-36)18-6-14-33-25-11-8-23(9-12-25)29(37)34-27-22-24(10-13-26(27)31)28-7-5-21-39-28/h5,7-13,21-22,32-33H,2-4,6,14-20,31H2,1H3,(H,34,37).